The van der Waals surface area contributed by atoms with Crippen LogP contribution in [-0.2, 0) is 19.6 Å². The van der Waals surface area contributed by atoms with Crippen LogP contribution in [0.3, 0.4) is 0 Å². The molecule has 0 spiro atoms. The van der Waals surface area contributed by atoms with Crippen molar-refractivity contribution in [2.75, 3.05) is 6.54 Å². The van der Waals surface area contributed by atoms with Crippen LogP contribution in [0.25, 0.3) is 0 Å². The van der Waals surface area contributed by atoms with Crippen molar-refractivity contribution in [1.82, 2.24) is 4.31 Å². The third-order valence-corrected chi connectivity index (χ3v) is 7.05. The average Bonchev–Trinajstić information content (AvgIpc) is 2.96. The number of carbonyl (C=O) groups excluding carboxylic acids is 1. The molecule has 0 N–H and O–H groups in total. The van der Waals surface area contributed by atoms with Crippen molar-refractivity contribution in [2.45, 2.75) is 90.2 Å². The van der Waals surface area contributed by atoms with Crippen molar-refractivity contribution in [3.63, 3.8) is 0 Å². The van der Waals surface area contributed by atoms with Gasteiger partial charge < -0.3 is 4.74 Å². The first-order valence-corrected chi connectivity index (χ1v) is 11.9. The summed E-state index contributed by atoms with van der Waals surface area (Å²) in [5.41, 5.74) is 2.63. The highest BCUT2D eigenvalue weighted by Crippen LogP contribution is 2.36. The molecule has 2 rings (SSSR count). The highest BCUT2D eigenvalue weighted by Gasteiger charge is 2.41. The number of unbranched alkanes of at least 4 members (excludes halogenated alkanes) is 1. The predicted octanol–water partition coefficient (Wildman–Crippen LogP) is 5.00. The number of sulfonamides is 1. The molecule has 6 heteroatoms. The molecule has 1 heterocycles. The summed E-state index contributed by atoms with van der Waals surface area (Å²) in [5.74, 6) is -0.363. The lowest BCUT2D eigenvalue weighted by molar-refractivity contribution is -0.155. The van der Waals surface area contributed by atoms with E-state index in [0.717, 1.165) is 42.4 Å². The maximum atomic E-state index is 13.5. The molecule has 0 amide bonds. The van der Waals surface area contributed by atoms with Crippen molar-refractivity contribution >= 4 is 16.0 Å². The molecule has 1 aliphatic rings. The van der Waals surface area contributed by atoms with Gasteiger partial charge in [0, 0.05) is 6.54 Å². The zero-order valence-corrected chi connectivity index (χ0v) is 19.4. The smallest absolute Gasteiger partial charge is 0.308 e. The Morgan fingerprint density at radius 1 is 1.17 bits per heavy atom. The van der Waals surface area contributed by atoms with Gasteiger partial charge in [0.15, 0.2) is 0 Å². The second kappa shape index (κ2) is 9.43. The van der Waals surface area contributed by atoms with Gasteiger partial charge in [-0.25, -0.2) is 8.42 Å². The van der Waals surface area contributed by atoms with Gasteiger partial charge >= 0.3 is 5.97 Å². The number of hydrogen-bond acceptors (Lipinski definition) is 4. The molecule has 1 aliphatic heterocycles. The van der Waals surface area contributed by atoms with Crippen molar-refractivity contribution in [3.8, 4) is 0 Å². The molecule has 1 atom stereocenters. The maximum Gasteiger partial charge on any atom is 0.308 e. The lowest BCUT2D eigenvalue weighted by Crippen LogP contribution is -2.40. The highest BCUT2D eigenvalue weighted by atomic mass is 32.2. The molecule has 0 bridgehead atoms. The molecular weight excluding hydrogens is 386 g/mol. The van der Waals surface area contributed by atoms with Gasteiger partial charge in [0.25, 0.3) is 0 Å². The second-order valence-corrected chi connectivity index (χ2v) is 10.6. The SMILES string of the molecule is CCCCC1=C(CC)CN(S(=O)(=O)c2ccc(C)cc2)C1CC(=O)OC(C)(C)C. The lowest BCUT2D eigenvalue weighted by atomic mass is 9.96. The van der Waals surface area contributed by atoms with E-state index in [1.54, 1.807) is 24.3 Å². The molecule has 0 saturated heterocycles. The molecule has 1 unspecified atom stereocenters. The molecule has 0 aliphatic carbocycles. The Morgan fingerprint density at radius 2 is 1.79 bits per heavy atom. The Labute approximate surface area is 176 Å². The Morgan fingerprint density at radius 3 is 2.31 bits per heavy atom. The third-order valence-electron chi connectivity index (χ3n) is 5.18. The van der Waals surface area contributed by atoms with Crippen LogP contribution in [0.4, 0.5) is 0 Å². The molecule has 1 aromatic rings. The van der Waals surface area contributed by atoms with Gasteiger partial charge in [-0.3, -0.25) is 4.79 Å². The first-order valence-electron chi connectivity index (χ1n) is 10.5. The van der Waals surface area contributed by atoms with Crippen molar-refractivity contribution in [3.05, 3.63) is 41.0 Å². The molecule has 162 valence electrons. The van der Waals surface area contributed by atoms with Crippen LogP contribution in [0, 0.1) is 6.92 Å². The summed E-state index contributed by atoms with van der Waals surface area (Å²) in [5, 5.41) is 0. The summed E-state index contributed by atoms with van der Waals surface area (Å²) in [6, 6.07) is 6.42. The van der Waals surface area contributed by atoms with Crippen LogP contribution in [0.15, 0.2) is 40.3 Å². The molecular formula is C23H35NO4S. The van der Waals surface area contributed by atoms with E-state index in [9.17, 15) is 13.2 Å². The number of aryl methyl sites for hydroxylation is 1. The normalized spacial score (nSPS) is 18.3. The van der Waals surface area contributed by atoms with E-state index in [4.69, 9.17) is 4.74 Å². The van der Waals surface area contributed by atoms with Crippen LogP contribution in [-0.4, -0.2) is 36.9 Å². The first kappa shape index (κ1) is 23.6. The zero-order valence-electron chi connectivity index (χ0n) is 18.6. The van der Waals surface area contributed by atoms with Crippen molar-refractivity contribution < 1.29 is 17.9 Å². The predicted molar refractivity (Wildman–Crippen MR) is 116 cm³/mol. The monoisotopic (exact) mass is 421 g/mol. The summed E-state index contributed by atoms with van der Waals surface area (Å²) in [6.07, 6.45) is 3.63. The van der Waals surface area contributed by atoms with Gasteiger partial charge in [-0.15, -0.1) is 0 Å². The number of nitrogens with zero attached hydrogens (tertiary/aromatic N) is 1. The first-order chi connectivity index (χ1) is 13.5. The number of hydrogen-bond donors (Lipinski definition) is 0. The van der Waals surface area contributed by atoms with Gasteiger partial charge in [0.1, 0.15) is 5.60 Å². The van der Waals surface area contributed by atoms with Gasteiger partial charge in [-0.1, -0.05) is 49.1 Å². The van der Waals surface area contributed by atoms with Crippen LogP contribution < -0.4 is 0 Å². The van der Waals surface area contributed by atoms with Crippen LogP contribution in [0.2, 0.25) is 0 Å². The summed E-state index contributed by atoms with van der Waals surface area (Å²) in [6.45, 7) is 11.9. The fraction of sp³-hybridized carbons (Fsp3) is 0.609. The summed E-state index contributed by atoms with van der Waals surface area (Å²) in [7, 11) is -3.71. The molecule has 29 heavy (non-hydrogen) atoms. The van der Waals surface area contributed by atoms with Crippen molar-refractivity contribution in [2.24, 2.45) is 0 Å². The Hall–Kier alpha value is -1.66. The fourth-order valence-electron chi connectivity index (χ4n) is 3.72. The molecule has 0 saturated carbocycles. The van der Waals surface area contributed by atoms with E-state index in [0.29, 0.717) is 6.54 Å². The van der Waals surface area contributed by atoms with Crippen LogP contribution >= 0.6 is 0 Å². The van der Waals surface area contributed by atoms with E-state index >= 15 is 0 Å². The zero-order chi connectivity index (χ0) is 21.8. The van der Waals surface area contributed by atoms with E-state index in [2.05, 4.69) is 6.92 Å². The highest BCUT2D eigenvalue weighted by molar-refractivity contribution is 7.89. The number of rotatable bonds is 8. The molecule has 1 aromatic carbocycles. The number of carbonyl (C=O) groups is 1. The Bertz CT molecular complexity index is 848. The largest absolute Gasteiger partial charge is 0.460 e. The van der Waals surface area contributed by atoms with Crippen LogP contribution in [0.1, 0.15) is 72.3 Å². The quantitative estimate of drug-likeness (QED) is 0.438. The Balaban J connectivity index is 2.41. The van der Waals surface area contributed by atoms with E-state index < -0.39 is 21.7 Å². The van der Waals surface area contributed by atoms with E-state index in [1.165, 1.54) is 4.31 Å². The Kier molecular flexibility index (Phi) is 7.68. The van der Waals surface area contributed by atoms with E-state index in [1.807, 2.05) is 34.6 Å². The summed E-state index contributed by atoms with van der Waals surface area (Å²) < 4.78 is 33.9. The third kappa shape index (κ3) is 5.92. The topological polar surface area (TPSA) is 63.7 Å². The van der Waals surface area contributed by atoms with E-state index in [-0.39, 0.29) is 17.3 Å². The number of benzene rings is 1. The average molecular weight is 422 g/mol. The summed E-state index contributed by atoms with van der Waals surface area (Å²) in [4.78, 5) is 12.9. The van der Waals surface area contributed by atoms with Gasteiger partial charge in [-0.2, -0.15) is 4.31 Å². The number of esters is 1. The number of ether oxygens (including phenoxy) is 1. The standard InChI is InChI=1S/C23H35NO4S/c1-7-9-10-20-18(8-2)16-24(21(20)15-22(25)28-23(4,5)6)29(26,27)19-13-11-17(3)12-14-19/h11-14,21H,7-10,15-16H2,1-6H3. The van der Waals surface area contributed by atoms with Crippen molar-refractivity contribution in [1.29, 1.82) is 0 Å². The fourth-order valence-corrected chi connectivity index (χ4v) is 5.34. The summed E-state index contributed by atoms with van der Waals surface area (Å²) >= 11 is 0. The minimum atomic E-state index is -3.71. The van der Waals surface area contributed by atoms with Gasteiger partial charge in [-0.05, 0) is 59.1 Å². The maximum absolute atomic E-state index is 13.5. The molecule has 5 nitrogen and oxygen atoms in total. The van der Waals surface area contributed by atoms with Gasteiger partial charge in [0.05, 0.1) is 17.4 Å². The second-order valence-electron chi connectivity index (χ2n) is 8.76. The van der Waals surface area contributed by atoms with Crippen LogP contribution in [0.5, 0.6) is 0 Å². The molecule has 0 radical (unpaired) electrons. The minimum absolute atomic E-state index is 0.0465. The molecule has 0 aromatic heterocycles. The minimum Gasteiger partial charge on any atom is -0.460 e. The lowest BCUT2D eigenvalue weighted by Gasteiger charge is -2.28. The molecule has 0 fully saturated rings. The van der Waals surface area contributed by atoms with Gasteiger partial charge in [0.2, 0.25) is 10.0 Å².